The second-order valence-electron chi connectivity index (χ2n) is 6.63. The molecule has 0 aromatic carbocycles. The maximum atomic E-state index is 12.4. The maximum Gasteiger partial charge on any atom is 0.326 e. The van der Waals surface area contributed by atoms with Gasteiger partial charge in [0.05, 0.1) is 12.6 Å². The number of primary amides is 1. The lowest BCUT2D eigenvalue weighted by Crippen LogP contribution is -2.54. The van der Waals surface area contributed by atoms with Crippen molar-refractivity contribution in [2.75, 3.05) is 13.1 Å². The third kappa shape index (κ3) is 6.78. The summed E-state index contributed by atoms with van der Waals surface area (Å²) in [5.41, 5.74) is 10.5. The second-order valence-corrected chi connectivity index (χ2v) is 6.63. The molecule has 1 saturated heterocycles. The quantitative estimate of drug-likeness (QED) is 0.217. The lowest BCUT2D eigenvalue weighted by Gasteiger charge is -2.26. The van der Waals surface area contributed by atoms with Crippen LogP contribution in [0.2, 0.25) is 0 Å². The first kappa shape index (κ1) is 23.3. The fraction of sp³-hybridized carbons (Fsp3) is 0.688. The smallest absolute Gasteiger partial charge is 0.326 e. The summed E-state index contributed by atoms with van der Waals surface area (Å²) in [6.07, 6.45) is -0.594. The first-order chi connectivity index (χ1) is 13.0. The van der Waals surface area contributed by atoms with Crippen LogP contribution in [0, 0.1) is 0 Å². The van der Waals surface area contributed by atoms with Crippen LogP contribution in [0.25, 0.3) is 0 Å². The first-order valence-corrected chi connectivity index (χ1v) is 8.87. The summed E-state index contributed by atoms with van der Waals surface area (Å²) in [5, 5.41) is 23.1. The van der Waals surface area contributed by atoms with E-state index in [2.05, 4.69) is 10.6 Å². The van der Waals surface area contributed by atoms with Gasteiger partial charge in [0.1, 0.15) is 18.1 Å². The molecule has 1 aliphatic rings. The van der Waals surface area contributed by atoms with Crippen molar-refractivity contribution in [1.29, 1.82) is 0 Å². The van der Waals surface area contributed by atoms with E-state index in [0.717, 1.165) is 0 Å². The zero-order valence-electron chi connectivity index (χ0n) is 15.6. The normalized spacial score (nSPS) is 19.4. The molecule has 0 bridgehead atoms. The fourth-order valence-electron chi connectivity index (χ4n) is 2.75. The molecule has 1 rings (SSSR count). The SMILES string of the molecule is CC(O)C(N)C(=O)NCC(=O)N1CCCC1C(=O)NC(CCC(N)=O)C(=O)O. The van der Waals surface area contributed by atoms with Crippen LogP contribution in [0.1, 0.15) is 32.6 Å². The van der Waals surface area contributed by atoms with E-state index < -0.39 is 60.4 Å². The number of carboxylic acid groups (broad SMARTS) is 1. The molecular formula is C16H27N5O7. The highest BCUT2D eigenvalue weighted by Crippen LogP contribution is 2.18. The molecule has 0 aromatic rings. The number of carboxylic acids is 1. The summed E-state index contributed by atoms with van der Waals surface area (Å²) in [6, 6.07) is -3.38. The number of aliphatic hydroxyl groups excluding tert-OH is 1. The Morgan fingerprint density at radius 1 is 1.25 bits per heavy atom. The van der Waals surface area contributed by atoms with Gasteiger partial charge in [-0.05, 0) is 26.2 Å². The molecule has 158 valence electrons. The number of aliphatic hydroxyl groups is 1. The Labute approximate surface area is 161 Å². The van der Waals surface area contributed by atoms with Crippen LogP contribution in [-0.4, -0.2) is 82.0 Å². The summed E-state index contributed by atoms with van der Waals surface area (Å²) in [5.74, 6) is -3.90. The van der Waals surface area contributed by atoms with E-state index in [1.165, 1.54) is 11.8 Å². The lowest BCUT2D eigenvalue weighted by atomic mass is 10.1. The monoisotopic (exact) mass is 401 g/mol. The van der Waals surface area contributed by atoms with Crippen molar-refractivity contribution in [2.45, 2.75) is 56.8 Å². The third-order valence-electron chi connectivity index (χ3n) is 4.41. The number of amides is 4. The molecule has 0 aliphatic carbocycles. The average molecular weight is 401 g/mol. The van der Waals surface area contributed by atoms with Crippen molar-refractivity contribution in [3.8, 4) is 0 Å². The minimum Gasteiger partial charge on any atom is -0.480 e. The number of hydrogen-bond donors (Lipinski definition) is 6. The molecule has 4 unspecified atom stereocenters. The van der Waals surface area contributed by atoms with Gasteiger partial charge in [0.2, 0.25) is 23.6 Å². The molecule has 1 heterocycles. The van der Waals surface area contributed by atoms with Crippen LogP contribution < -0.4 is 22.1 Å². The Balaban J connectivity index is 2.65. The first-order valence-electron chi connectivity index (χ1n) is 8.87. The molecule has 0 radical (unpaired) electrons. The van der Waals surface area contributed by atoms with Gasteiger partial charge in [-0.15, -0.1) is 0 Å². The summed E-state index contributed by atoms with van der Waals surface area (Å²) in [4.78, 5) is 59.8. The van der Waals surface area contributed by atoms with Crippen molar-refractivity contribution >= 4 is 29.6 Å². The van der Waals surface area contributed by atoms with Gasteiger partial charge in [-0.1, -0.05) is 0 Å². The molecule has 0 saturated carbocycles. The molecule has 4 amide bonds. The number of carbonyl (C=O) groups excluding carboxylic acids is 4. The van der Waals surface area contributed by atoms with Crippen LogP contribution in [-0.2, 0) is 24.0 Å². The van der Waals surface area contributed by atoms with Gasteiger partial charge in [-0.2, -0.15) is 0 Å². The molecule has 1 fully saturated rings. The van der Waals surface area contributed by atoms with Crippen molar-refractivity contribution < 1.29 is 34.2 Å². The Morgan fingerprint density at radius 2 is 1.89 bits per heavy atom. The van der Waals surface area contributed by atoms with Gasteiger partial charge in [0.25, 0.3) is 0 Å². The Bertz CT molecular complexity index is 625. The number of nitrogens with two attached hydrogens (primary N) is 2. The molecule has 12 nitrogen and oxygen atoms in total. The number of carbonyl (C=O) groups is 5. The molecule has 0 spiro atoms. The summed E-state index contributed by atoms with van der Waals surface area (Å²) < 4.78 is 0. The fourth-order valence-corrected chi connectivity index (χ4v) is 2.75. The topological polar surface area (TPSA) is 205 Å². The van der Waals surface area contributed by atoms with E-state index in [-0.39, 0.29) is 19.4 Å². The minimum atomic E-state index is -1.31. The van der Waals surface area contributed by atoms with Crippen LogP contribution in [0.3, 0.4) is 0 Å². The number of nitrogens with one attached hydrogen (secondary N) is 2. The molecular weight excluding hydrogens is 374 g/mol. The zero-order chi connectivity index (χ0) is 21.4. The summed E-state index contributed by atoms with van der Waals surface area (Å²) in [7, 11) is 0. The van der Waals surface area contributed by atoms with E-state index in [4.69, 9.17) is 16.6 Å². The predicted molar refractivity (Wildman–Crippen MR) is 95.4 cm³/mol. The molecule has 8 N–H and O–H groups in total. The highest BCUT2D eigenvalue weighted by atomic mass is 16.4. The predicted octanol–water partition coefficient (Wildman–Crippen LogP) is -3.36. The Morgan fingerprint density at radius 3 is 2.43 bits per heavy atom. The van der Waals surface area contributed by atoms with Crippen molar-refractivity contribution in [3.63, 3.8) is 0 Å². The van der Waals surface area contributed by atoms with E-state index in [1.54, 1.807) is 0 Å². The highest BCUT2D eigenvalue weighted by molar-refractivity contribution is 5.93. The molecule has 4 atom stereocenters. The second kappa shape index (κ2) is 10.6. The Kier molecular flexibility index (Phi) is 8.79. The van der Waals surface area contributed by atoms with Gasteiger partial charge in [-0.25, -0.2) is 4.79 Å². The number of hydrogen-bond acceptors (Lipinski definition) is 7. The maximum absolute atomic E-state index is 12.4. The molecule has 12 heteroatoms. The van der Waals surface area contributed by atoms with Crippen LogP contribution >= 0.6 is 0 Å². The number of aliphatic carboxylic acids is 1. The van der Waals surface area contributed by atoms with Crippen LogP contribution in [0.15, 0.2) is 0 Å². The van der Waals surface area contributed by atoms with E-state index >= 15 is 0 Å². The third-order valence-corrected chi connectivity index (χ3v) is 4.41. The average Bonchev–Trinajstić information content (AvgIpc) is 3.11. The zero-order valence-corrected chi connectivity index (χ0v) is 15.6. The van der Waals surface area contributed by atoms with Crippen molar-refractivity contribution in [3.05, 3.63) is 0 Å². The van der Waals surface area contributed by atoms with E-state index in [9.17, 15) is 29.1 Å². The van der Waals surface area contributed by atoms with Crippen molar-refractivity contribution in [2.24, 2.45) is 11.5 Å². The summed E-state index contributed by atoms with van der Waals surface area (Å²) >= 11 is 0. The van der Waals surface area contributed by atoms with E-state index in [1.807, 2.05) is 0 Å². The van der Waals surface area contributed by atoms with Gasteiger partial charge in [0, 0.05) is 13.0 Å². The van der Waals surface area contributed by atoms with Gasteiger partial charge < -0.3 is 37.2 Å². The van der Waals surface area contributed by atoms with Gasteiger partial charge >= 0.3 is 5.97 Å². The molecule has 1 aliphatic heterocycles. The van der Waals surface area contributed by atoms with Crippen LogP contribution in [0.5, 0.6) is 0 Å². The largest absolute Gasteiger partial charge is 0.480 e. The molecule has 0 aromatic heterocycles. The van der Waals surface area contributed by atoms with Gasteiger partial charge in [-0.3, -0.25) is 19.2 Å². The number of rotatable bonds is 10. The standard InChI is InChI=1S/C16H27N5O7/c1-8(22)13(18)15(26)19-7-12(24)21-6-2-3-10(21)14(25)20-9(16(27)28)4-5-11(17)23/h8-10,13,22H,2-7,18H2,1H3,(H2,17,23)(H,19,26)(H,20,25)(H,27,28). The lowest BCUT2D eigenvalue weighted by molar-refractivity contribution is -0.144. The Hall–Kier alpha value is -2.73. The minimum absolute atomic E-state index is 0.162. The number of nitrogens with zero attached hydrogens (tertiary/aromatic N) is 1. The van der Waals surface area contributed by atoms with E-state index in [0.29, 0.717) is 12.8 Å². The highest BCUT2D eigenvalue weighted by Gasteiger charge is 2.36. The van der Waals surface area contributed by atoms with Gasteiger partial charge in [0.15, 0.2) is 0 Å². The summed E-state index contributed by atoms with van der Waals surface area (Å²) in [6.45, 7) is 1.20. The van der Waals surface area contributed by atoms with Crippen molar-refractivity contribution in [1.82, 2.24) is 15.5 Å². The number of likely N-dealkylation sites (tertiary alicyclic amines) is 1. The van der Waals surface area contributed by atoms with Crippen LogP contribution in [0.4, 0.5) is 0 Å². The molecule has 28 heavy (non-hydrogen) atoms.